The highest BCUT2D eigenvalue weighted by Gasteiger charge is 2.13. The Bertz CT molecular complexity index is 341. The molecule has 4 heteroatoms. The standard InChI is InChI=1S/C13H20N2OS/c1-2-3-9-17-12(10-13(14)15-16)11-7-5-4-6-8-11/h4-8,12,16H,2-3,9-10H2,1H3,(H2,14,15). The van der Waals surface area contributed by atoms with Crippen LogP contribution in [0.4, 0.5) is 0 Å². The van der Waals surface area contributed by atoms with Gasteiger partial charge in [-0.3, -0.25) is 0 Å². The Labute approximate surface area is 107 Å². The summed E-state index contributed by atoms with van der Waals surface area (Å²) in [4.78, 5) is 0. The highest BCUT2D eigenvalue weighted by atomic mass is 32.2. The lowest BCUT2D eigenvalue weighted by Crippen LogP contribution is -2.15. The largest absolute Gasteiger partial charge is 0.409 e. The van der Waals surface area contributed by atoms with Crippen LogP contribution in [0, 0.1) is 0 Å². The highest BCUT2D eigenvalue weighted by Crippen LogP contribution is 2.32. The molecule has 1 aromatic rings. The molecule has 3 N–H and O–H groups in total. The van der Waals surface area contributed by atoms with Crippen LogP contribution in [0.25, 0.3) is 0 Å². The number of unbranched alkanes of at least 4 members (excludes halogenated alkanes) is 1. The Hall–Kier alpha value is -1.16. The number of thioether (sulfide) groups is 1. The van der Waals surface area contributed by atoms with Crippen molar-refractivity contribution in [2.45, 2.75) is 31.4 Å². The topological polar surface area (TPSA) is 58.6 Å². The van der Waals surface area contributed by atoms with Gasteiger partial charge in [-0.25, -0.2) is 0 Å². The first kappa shape index (κ1) is 13.9. The molecular weight excluding hydrogens is 232 g/mol. The van der Waals surface area contributed by atoms with Gasteiger partial charge in [0, 0.05) is 11.7 Å². The van der Waals surface area contributed by atoms with Gasteiger partial charge in [0.1, 0.15) is 5.84 Å². The monoisotopic (exact) mass is 252 g/mol. The van der Waals surface area contributed by atoms with Gasteiger partial charge in [-0.1, -0.05) is 48.8 Å². The van der Waals surface area contributed by atoms with Gasteiger partial charge in [-0.2, -0.15) is 11.8 Å². The molecule has 1 unspecified atom stereocenters. The summed E-state index contributed by atoms with van der Waals surface area (Å²) in [5.74, 6) is 1.40. The molecule has 0 aliphatic rings. The first-order chi connectivity index (χ1) is 8.27. The van der Waals surface area contributed by atoms with Crippen LogP contribution in [0.15, 0.2) is 35.5 Å². The molecule has 17 heavy (non-hydrogen) atoms. The maximum atomic E-state index is 8.66. The van der Waals surface area contributed by atoms with E-state index in [1.165, 1.54) is 18.4 Å². The molecule has 1 atom stereocenters. The lowest BCUT2D eigenvalue weighted by Gasteiger charge is -2.16. The van der Waals surface area contributed by atoms with Crippen molar-refractivity contribution in [1.82, 2.24) is 0 Å². The van der Waals surface area contributed by atoms with Gasteiger partial charge in [0.2, 0.25) is 0 Å². The van der Waals surface area contributed by atoms with Crippen LogP contribution in [0.2, 0.25) is 0 Å². The highest BCUT2D eigenvalue weighted by molar-refractivity contribution is 7.99. The van der Waals surface area contributed by atoms with Gasteiger partial charge in [-0.15, -0.1) is 0 Å². The Kier molecular flexibility index (Phi) is 6.55. The summed E-state index contributed by atoms with van der Waals surface area (Å²) in [6, 6.07) is 10.2. The average molecular weight is 252 g/mol. The Morgan fingerprint density at radius 3 is 2.71 bits per heavy atom. The molecule has 0 heterocycles. The molecule has 0 spiro atoms. The normalized spacial score (nSPS) is 13.6. The minimum Gasteiger partial charge on any atom is -0.409 e. The van der Waals surface area contributed by atoms with Crippen LogP contribution < -0.4 is 5.73 Å². The van der Waals surface area contributed by atoms with Gasteiger partial charge in [-0.05, 0) is 17.7 Å². The number of nitrogens with zero attached hydrogens (tertiary/aromatic N) is 1. The van der Waals surface area contributed by atoms with Crippen LogP contribution in [-0.2, 0) is 0 Å². The van der Waals surface area contributed by atoms with Crippen molar-refractivity contribution in [2.75, 3.05) is 5.75 Å². The van der Waals surface area contributed by atoms with E-state index in [9.17, 15) is 0 Å². The zero-order valence-electron chi connectivity index (χ0n) is 10.2. The van der Waals surface area contributed by atoms with E-state index in [0.29, 0.717) is 12.3 Å². The Balaban J connectivity index is 2.65. The SMILES string of the molecule is CCCCSC(CC(N)=NO)c1ccccc1. The third-order valence-electron chi connectivity index (χ3n) is 2.51. The molecule has 1 rings (SSSR count). The molecule has 0 aliphatic carbocycles. The van der Waals surface area contributed by atoms with Crippen molar-refractivity contribution in [1.29, 1.82) is 0 Å². The van der Waals surface area contributed by atoms with Gasteiger partial charge in [0.15, 0.2) is 0 Å². The van der Waals surface area contributed by atoms with Crippen LogP contribution in [-0.4, -0.2) is 16.8 Å². The predicted molar refractivity (Wildman–Crippen MR) is 74.6 cm³/mol. The third-order valence-corrected chi connectivity index (χ3v) is 3.88. The average Bonchev–Trinajstić information content (AvgIpc) is 2.38. The van der Waals surface area contributed by atoms with E-state index in [-0.39, 0.29) is 5.25 Å². The minimum absolute atomic E-state index is 0.277. The zero-order valence-corrected chi connectivity index (χ0v) is 11.0. The molecule has 0 saturated carbocycles. The second kappa shape index (κ2) is 8.01. The molecule has 0 bridgehead atoms. The number of nitrogens with two attached hydrogens (primary N) is 1. The lowest BCUT2D eigenvalue weighted by atomic mass is 10.1. The summed E-state index contributed by atoms with van der Waals surface area (Å²) in [5, 5.41) is 12.0. The van der Waals surface area contributed by atoms with Gasteiger partial charge in [0.25, 0.3) is 0 Å². The molecule has 3 nitrogen and oxygen atoms in total. The summed E-state index contributed by atoms with van der Waals surface area (Å²) in [6.07, 6.45) is 2.98. The molecule has 0 fully saturated rings. The number of amidine groups is 1. The van der Waals surface area contributed by atoms with Crippen molar-refractivity contribution in [3.63, 3.8) is 0 Å². The van der Waals surface area contributed by atoms with E-state index in [2.05, 4.69) is 24.2 Å². The number of oxime groups is 1. The van der Waals surface area contributed by atoms with E-state index < -0.39 is 0 Å². The van der Waals surface area contributed by atoms with Crippen molar-refractivity contribution >= 4 is 17.6 Å². The van der Waals surface area contributed by atoms with Crippen LogP contribution in [0.3, 0.4) is 0 Å². The summed E-state index contributed by atoms with van der Waals surface area (Å²) in [5.41, 5.74) is 6.84. The summed E-state index contributed by atoms with van der Waals surface area (Å²) < 4.78 is 0. The summed E-state index contributed by atoms with van der Waals surface area (Å²) in [7, 11) is 0. The predicted octanol–water partition coefficient (Wildman–Crippen LogP) is 3.40. The molecule has 0 radical (unpaired) electrons. The second-order valence-electron chi connectivity index (χ2n) is 3.92. The minimum atomic E-state index is 0.277. The quantitative estimate of drug-likeness (QED) is 0.257. The van der Waals surface area contributed by atoms with Crippen molar-refractivity contribution in [3.8, 4) is 0 Å². The number of hydrogen-bond donors (Lipinski definition) is 2. The number of benzene rings is 1. The van der Waals surface area contributed by atoms with Crippen LogP contribution >= 0.6 is 11.8 Å². The Morgan fingerprint density at radius 2 is 2.12 bits per heavy atom. The van der Waals surface area contributed by atoms with Crippen molar-refractivity contribution < 1.29 is 5.21 Å². The molecule has 94 valence electrons. The van der Waals surface area contributed by atoms with Crippen LogP contribution in [0.5, 0.6) is 0 Å². The fourth-order valence-corrected chi connectivity index (χ4v) is 2.92. The molecule has 0 amide bonds. The smallest absolute Gasteiger partial charge is 0.140 e. The maximum Gasteiger partial charge on any atom is 0.140 e. The molecule has 0 aliphatic heterocycles. The second-order valence-corrected chi connectivity index (χ2v) is 5.23. The van der Waals surface area contributed by atoms with E-state index in [0.717, 1.165) is 5.75 Å². The van der Waals surface area contributed by atoms with E-state index in [1.807, 2.05) is 30.0 Å². The lowest BCUT2D eigenvalue weighted by molar-refractivity contribution is 0.317. The zero-order chi connectivity index (χ0) is 12.5. The molecule has 1 aromatic carbocycles. The molecular formula is C13H20N2OS. The fraction of sp³-hybridized carbons (Fsp3) is 0.462. The van der Waals surface area contributed by atoms with Gasteiger partial charge >= 0.3 is 0 Å². The first-order valence-electron chi connectivity index (χ1n) is 5.90. The van der Waals surface area contributed by atoms with Crippen molar-refractivity contribution in [3.05, 3.63) is 35.9 Å². The van der Waals surface area contributed by atoms with Gasteiger partial charge in [0.05, 0.1) is 0 Å². The fourth-order valence-electron chi connectivity index (χ4n) is 1.54. The molecule has 0 saturated heterocycles. The van der Waals surface area contributed by atoms with Gasteiger partial charge < -0.3 is 10.9 Å². The van der Waals surface area contributed by atoms with E-state index in [1.54, 1.807) is 0 Å². The summed E-state index contributed by atoms with van der Waals surface area (Å²) >= 11 is 1.87. The Morgan fingerprint density at radius 1 is 1.41 bits per heavy atom. The van der Waals surface area contributed by atoms with Crippen LogP contribution in [0.1, 0.15) is 37.0 Å². The van der Waals surface area contributed by atoms with E-state index >= 15 is 0 Å². The van der Waals surface area contributed by atoms with Crippen molar-refractivity contribution in [2.24, 2.45) is 10.9 Å². The number of hydrogen-bond acceptors (Lipinski definition) is 3. The maximum absolute atomic E-state index is 8.66. The molecule has 0 aromatic heterocycles. The first-order valence-corrected chi connectivity index (χ1v) is 6.95. The number of rotatable bonds is 7. The van der Waals surface area contributed by atoms with E-state index in [4.69, 9.17) is 10.9 Å². The summed E-state index contributed by atoms with van der Waals surface area (Å²) in [6.45, 7) is 2.18. The third kappa shape index (κ3) is 5.13.